The highest BCUT2D eigenvalue weighted by Gasteiger charge is 2.23. The van der Waals surface area contributed by atoms with Crippen LogP contribution in [0.3, 0.4) is 0 Å². The van der Waals surface area contributed by atoms with E-state index >= 15 is 0 Å². The molecule has 1 aliphatic rings. The Bertz CT molecular complexity index is 701. The third kappa shape index (κ3) is 4.22. The van der Waals surface area contributed by atoms with Crippen molar-refractivity contribution in [2.75, 3.05) is 13.2 Å². The number of hydrogen-bond donors (Lipinski definition) is 3. The zero-order chi connectivity index (χ0) is 17.0. The molecule has 23 heavy (non-hydrogen) atoms. The monoisotopic (exact) mass is 384 g/mol. The van der Waals surface area contributed by atoms with Gasteiger partial charge in [0.1, 0.15) is 5.70 Å². The van der Waals surface area contributed by atoms with E-state index in [1.54, 1.807) is 19.1 Å². The first-order valence-electron chi connectivity index (χ1n) is 6.55. The Labute approximate surface area is 139 Å². The molecule has 1 aliphatic heterocycles. The SMILES string of the molecule is CCOc1cc(/C=C2\NC(=O)NC2=O)cc(Br)c1OCC(=O)O. The molecule has 1 aromatic rings. The van der Waals surface area contributed by atoms with Gasteiger partial charge in [0.15, 0.2) is 18.1 Å². The van der Waals surface area contributed by atoms with Crippen LogP contribution in [0.15, 0.2) is 22.3 Å². The summed E-state index contributed by atoms with van der Waals surface area (Å²) in [6, 6.07) is 2.60. The highest BCUT2D eigenvalue weighted by molar-refractivity contribution is 9.10. The Morgan fingerprint density at radius 3 is 2.61 bits per heavy atom. The number of ether oxygens (including phenoxy) is 2. The van der Waals surface area contributed by atoms with Crippen molar-refractivity contribution in [3.63, 3.8) is 0 Å². The maximum absolute atomic E-state index is 11.5. The number of nitrogens with one attached hydrogen (secondary N) is 2. The number of carbonyl (C=O) groups is 3. The molecule has 122 valence electrons. The summed E-state index contributed by atoms with van der Waals surface area (Å²) in [4.78, 5) is 33.3. The molecule has 2 rings (SSSR count). The Balaban J connectivity index is 2.35. The van der Waals surface area contributed by atoms with Crippen molar-refractivity contribution in [1.82, 2.24) is 10.6 Å². The summed E-state index contributed by atoms with van der Waals surface area (Å²) < 4.78 is 11.1. The quantitative estimate of drug-likeness (QED) is 0.505. The van der Waals surface area contributed by atoms with Crippen molar-refractivity contribution < 1.29 is 29.0 Å². The number of halogens is 1. The second-order valence-electron chi connectivity index (χ2n) is 4.41. The van der Waals surface area contributed by atoms with Gasteiger partial charge in [-0.3, -0.25) is 10.1 Å². The summed E-state index contributed by atoms with van der Waals surface area (Å²) in [6.45, 7) is 1.59. The van der Waals surface area contributed by atoms with E-state index in [0.717, 1.165) is 0 Å². The molecule has 8 nitrogen and oxygen atoms in total. The van der Waals surface area contributed by atoms with Crippen molar-refractivity contribution in [3.8, 4) is 11.5 Å². The molecule has 0 atom stereocenters. The molecule has 0 radical (unpaired) electrons. The molecule has 1 saturated heterocycles. The number of benzene rings is 1. The molecule has 3 N–H and O–H groups in total. The molecule has 1 aromatic carbocycles. The van der Waals surface area contributed by atoms with E-state index in [-0.39, 0.29) is 11.4 Å². The van der Waals surface area contributed by atoms with Crippen LogP contribution >= 0.6 is 15.9 Å². The Kier molecular flexibility index (Phi) is 5.22. The fraction of sp³-hybridized carbons (Fsp3) is 0.214. The van der Waals surface area contributed by atoms with E-state index in [4.69, 9.17) is 14.6 Å². The Hall–Kier alpha value is -2.55. The van der Waals surface area contributed by atoms with Crippen molar-refractivity contribution in [2.45, 2.75) is 6.92 Å². The van der Waals surface area contributed by atoms with Gasteiger partial charge < -0.3 is 19.9 Å². The third-order valence-electron chi connectivity index (χ3n) is 2.70. The smallest absolute Gasteiger partial charge is 0.341 e. The molecular formula is C14H13BrN2O6. The lowest BCUT2D eigenvalue weighted by Crippen LogP contribution is -2.22. The predicted octanol–water partition coefficient (Wildman–Crippen LogP) is 1.49. The summed E-state index contributed by atoms with van der Waals surface area (Å²) in [7, 11) is 0. The average molecular weight is 385 g/mol. The standard InChI is InChI=1S/C14H13BrN2O6/c1-2-22-10-5-7(4-9-13(20)17-14(21)16-9)3-8(15)12(10)23-6-11(18)19/h3-5H,2,6H2,1H3,(H,18,19)(H2,16,17,20,21)/b9-4-. The van der Waals surface area contributed by atoms with Crippen molar-refractivity contribution in [3.05, 3.63) is 27.9 Å². The highest BCUT2D eigenvalue weighted by Crippen LogP contribution is 2.37. The van der Waals surface area contributed by atoms with E-state index < -0.39 is 24.5 Å². The number of carboxylic acid groups (broad SMARTS) is 1. The van der Waals surface area contributed by atoms with Crippen LogP contribution in [-0.4, -0.2) is 36.2 Å². The van der Waals surface area contributed by atoms with Gasteiger partial charge in [-0.25, -0.2) is 9.59 Å². The van der Waals surface area contributed by atoms with Crippen LogP contribution in [0.2, 0.25) is 0 Å². The van der Waals surface area contributed by atoms with E-state index in [1.807, 2.05) is 0 Å². The number of amides is 3. The van der Waals surface area contributed by atoms with Gasteiger partial charge in [0.2, 0.25) is 0 Å². The summed E-state index contributed by atoms with van der Waals surface area (Å²) in [5.74, 6) is -1.08. The van der Waals surface area contributed by atoms with Crippen molar-refractivity contribution >= 4 is 39.9 Å². The summed E-state index contributed by atoms with van der Waals surface area (Å²) in [6.07, 6.45) is 1.47. The fourth-order valence-electron chi connectivity index (χ4n) is 1.86. The minimum Gasteiger partial charge on any atom is -0.490 e. The number of hydrogen-bond acceptors (Lipinski definition) is 5. The van der Waals surface area contributed by atoms with Crippen LogP contribution in [-0.2, 0) is 9.59 Å². The molecule has 1 fully saturated rings. The van der Waals surface area contributed by atoms with Gasteiger partial charge in [-0.15, -0.1) is 0 Å². The number of aliphatic carboxylic acids is 1. The van der Waals surface area contributed by atoms with Crippen LogP contribution in [0.1, 0.15) is 12.5 Å². The molecule has 0 unspecified atom stereocenters. The van der Waals surface area contributed by atoms with E-state index in [2.05, 4.69) is 26.6 Å². The number of urea groups is 1. The molecule has 9 heteroatoms. The van der Waals surface area contributed by atoms with Gasteiger partial charge in [0.25, 0.3) is 5.91 Å². The van der Waals surface area contributed by atoms with E-state index in [1.165, 1.54) is 6.08 Å². The predicted molar refractivity (Wildman–Crippen MR) is 83.1 cm³/mol. The van der Waals surface area contributed by atoms with Gasteiger partial charge in [-0.2, -0.15) is 0 Å². The van der Waals surface area contributed by atoms with Gasteiger partial charge in [0.05, 0.1) is 11.1 Å². The number of carbonyl (C=O) groups excluding carboxylic acids is 2. The zero-order valence-electron chi connectivity index (χ0n) is 12.0. The van der Waals surface area contributed by atoms with Crippen LogP contribution in [0, 0.1) is 0 Å². The lowest BCUT2D eigenvalue weighted by atomic mass is 10.1. The lowest BCUT2D eigenvalue weighted by molar-refractivity contribution is -0.139. The summed E-state index contributed by atoms with van der Waals surface area (Å²) in [5, 5.41) is 13.2. The van der Waals surface area contributed by atoms with Gasteiger partial charge in [-0.05, 0) is 46.6 Å². The second kappa shape index (κ2) is 7.14. The van der Waals surface area contributed by atoms with Crippen molar-refractivity contribution in [1.29, 1.82) is 0 Å². The molecule has 0 bridgehead atoms. The molecule has 0 spiro atoms. The first-order valence-corrected chi connectivity index (χ1v) is 7.35. The van der Waals surface area contributed by atoms with Gasteiger partial charge in [-0.1, -0.05) is 0 Å². The largest absolute Gasteiger partial charge is 0.490 e. The molecule has 0 aliphatic carbocycles. The minimum atomic E-state index is -1.11. The second-order valence-corrected chi connectivity index (χ2v) is 5.27. The van der Waals surface area contributed by atoms with Crippen molar-refractivity contribution in [2.24, 2.45) is 0 Å². The molecule has 0 aromatic heterocycles. The number of rotatable bonds is 6. The van der Waals surface area contributed by atoms with Crippen LogP contribution < -0.4 is 20.1 Å². The molecule has 0 saturated carbocycles. The molecule has 1 heterocycles. The zero-order valence-corrected chi connectivity index (χ0v) is 13.6. The third-order valence-corrected chi connectivity index (χ3v) is 3.29. The van der Waals surface area contributed by atoms with E-state index in [0.29, 0.717) is 22.4 Å². The van der Waals surface area contributed by atoms with Gasteiger partial charge >= 0.3 is 12.0 Å². The highest BCUT2D eigenvalue weighted by atomic mass is 79.9. The van der Waals surface area contributed by atoms with Gasteiger partial charge in [0, 0.05) is 0 Å². The van der Waals surface area contributed by atoms with Crippen LogP contribution in [0.5, 0.6) is 11.5 Å². The average Bonchev–Trinajstić information content (AvgIpc) is 2.76. The topological polar surface area (TPSA) is 114 Å². The maximum Gasteiger partial charge on any atom is 0.341 e. The Morgan fingerprint density at radius 1 is 1.30 bits per heavy atom. The molecular weight excluding hydrogens is 372 g/mol. The number of imide groups is 1. The summed E-state index contributed by atoms with van der Waals surface area (Å²) in [5.41, 5.74) is 0.666. The number of carboxylic acids is 1. The fourth-order valence-corrected chi connectivity index (χ4v) is 2.43. The van der Waals surface area contributed by atoms with Crippen LogP contribution in [0.25, 0.3) is 6.08 Å². The summed E-state index contributed by atoms with van der Waals surface area (Å²) >= 11 is 3.28. The van der Waals surface area contributed by atoms with E-state index in [9.17, 15) is 14.4 Å². The normalized spacial score (nSPS) is 15.3. The van der Waals surface area contributed by atoms with Crippen LogP contribution in [0.4, 0.5) is 4.79 Å². The first kappa shape index (κ1) is 16.8. The lowest BCUT2D eigenvalue weighted by Gasteiger charge is -2.13. The maximum atomic E-state index is 11.5. The Morgan fingerprint density at radius 2 is 2.04 bits per heavy atom. The molecule has 3 amide bonds. The first-order chi connectivity index (χ1) is 10.9. The minimum absolute atomic E-state index is 0.101.